The Hall–Kier alpha value is -0.582. The van der Waals surface area contributed by atoms with E-state index < -0.39 is 19.9 Å². The minimum absolute atomic E-state index is 0.148. The van der Waals surface area contributed by atoms with E-state index in [1.54, 1.807) is 0 Å². The molecule has 0 aliphatic rings. The van der Waals surface area contributed by atoms with Crippen molar-refractivity contribution in [1.29, 1.82) is 0 Å². The van der Waals surface area contributed by atoms with Crippen LogP contribution in [0, 0.1) is 10.1 Å². The number of nitro benzene ring substituents is 1. The third kappa shape index (κ3) is 2.43. The standard InChI is InChI=1S/C6H5AsBrNO4/c8-5-2-1-4(7(10)11)3-6(5)9(12)13/h1-3,7H,(H,10,11). The van der Waals surface area contributed by atoms with Crippen LogP contribution in [-0.4, -0.2) is 24.0 Å². The quantitative estimate of drug-likeness (QED) is 0.481. The first-order chi connectivity index (χ1) is 6.02. The topological polar surface area (TPSA) is 80.4 Å². The van der Waals surface area contributed by atoms with Crippen LogP contribution in [0.15, 0.2) is 22.7 Å². The van der Waals surface area contributed by atoms with Crippen molar-refractivity contribution in [1.82, 2.24) is 0 Å². The second kappa shape index (κ2) is 4.09. The Morgan fingerprint density at radius 1 is 1.54 bits per heavy atom. The number of halogens is 1. The molecule has 0 saturated heterocycles. The van der Waals surface area contributed by atoms with E-state index in [2.05, 4.69) is 15.9 Å². The summed E-state index contributed by atoms with van der Waals surface area (Å²) < 4.78 is 19.9. The Labute approximate surface area is 86.5 Å². The normalized spacial score (nSPS) is 12.5. The molecular formula is C6H5AsBrNO4. The Balaban J connectivity index is 3.27. The van der Waals surface area contributed by atoms with Gasteiger partial charge in [-0.15, -0.1) is 0 Å². The predicted octanol–water partition coefficient (Wildman–Crippen LogP) is 0.208. The fourth-order valence-electron chi connectivity index (χ4n) is 0.786. The first-order valence-electron chi connectivity index (χ1n) is 3.19. The zero-order valence-electron chi connectivity index (χ0n) is 6.23. The second-order valence-corrected chi connectivity index (χ2v) is 5.57. The van der Waals surface area contributed by atoms with Gasteiger partial charge in [-0.1, -0.05) is 0 Å². The Kier molecular flexibility index (Phi) is 3.30. The molecule has 1 rings (SSSR count). The Morgan fingerprint density at radius 2 is 2.15 bits per heavy atom. The molecule has 5 nitrogen and oxygen atoms in total. The summed E-state index contributed by atoms with van der Waals surface area (Å²) in [6.07, 6.45) is 0. The van der Waals surface area contributed by atoms with Gasteiger partial charge in [0.25, 0.3) is 0 Å². The van der Waals surface area contributed by atoms with Crippen molar-refractivity contribution in [3.63, 3.8) is 0 Å². The van der Waals surface area contributed by atoms with Crippen LogP contribution in [0.1, 0.15) is 0 Å². The molecule has 0 aromatic heterocycles. The summed E-state index contributed by atoms with van der Waals surface area (Å²) >= 11 is -0.472. The average molecular weight is 310 g/mol. The van der Waals surface area contributed by atoms with Crippen LogP contribution in [0.2, 0.25) is 0 Å². The van der Waals surface area contributed by atoms with Crippen LogP contribution in [0.4, 0.5) is 5.69 Å². The van der Waals surface area contributed by atoms with E-state index in [0.717, 1.165) is 6.07 Å². The molecule has 0 bridgehead atoms. The number of benzene rings is 1. The number of hydrogen-bond acceptors (Lipinski definition) is 3. The van der Waals surface area contributed by atoms with Crippen LogP contribution in [0.25, 0.3) is 0 Å². The monoisotopic (exact) mass is 309 g/mol. The molecule has 0 aliphatic carbocycles. The van der Waals surface area contributed by atoms with Crippen LogP contribution in [0.5, 0.6) is 0 Å². The molecule has 0 amide bonds. The molecule has 70 valence electrons. The molecule has 0 radical (unpaired) electrons. The molecule has 7 heteroatoms. The summed E-state index contributed by atoms with van der Waals surface area (Å²) in [6.45, 7) is 0. The molecule has 0 heterocycles. The number of rotatable bonds is 2. The molecule has 13 heavy (non-hydrogen) atoms. The van der Waals surface area contributed by atoms with E-state index in [1.807, 2.05) is 0 Å². The third-order valence-corrected chi connectivity index (χ3v) is 3.75. The molecule has 1 aromatic carbocycles. The molecule has 0 fully saturated rings. The molecule has 0 saturated carbocycles. The summed E-state index contributed by atoms with van der Waals surface area (Å²) in [5.41, 5.74) is -0.188. The van der Waals surface area contributed by atoms with Crippen LogP contribution in [-0.2, 0) is 3.74 Å². The predicted molar refractivity (Wildman–Crippen MR) is 50.5 cm³/mol. The molecule has 1 atom stereocenters. The maximum absolute atomic E-state index is 10.7. The summed E-state index contributed by atoms with van der Waals surface area (Å²) in [7, 11) is 0. The molecule has 0 aliphatic heterocycles. The van der Waals surface area contributed by atoms with Gasteiger partial charge in [-0.3, -0.25) is 0 Å². The fraction of sp³-hybridized carbons (Fsp3) is 0. The van der Waals surface area contributed by atoms with Crippen molar-refractivity contribution in [2.75, 3.05) is 0 Å². The Bertz CT molecular complexity index is 381. The summed E-state index contributed by atoms with van der Waals surface area (Å²) in [5.74, 6) is 0. The average Bonchev–Trinajstić information content (AvgIpc) is 2.04. The van der Waals surface area contributed by atoms with Gasteiger partial charge in [-0.05, 0) is 0 Å². The van der Waals surface area contributed by atoms with Crippen LogP contribution in [0.3, 0.4) is 0 Å². The number of nitrogens with zero attached hydrogens (tertiary/aromatic N) is 1. The van der Waals surface area contributed by atoms with Crippen molar-refractivity contribution in [3.05, 3.63) is 32.8 Å². The van der Waals surface area contributed by atoms with E-state index in [-0.39, 0.29) is 10.0 Å². The first-order valence-corrected chi connectivity index (χ1v) is 6.83. The van der Waals surface area contributed by atoms with E-state index in [9.17, 15) is 13.9 Å². The van der Waals surface area contributed by atoms with Crippen LogP contribution < -0.4 is 4.35 Å². The molecule has 1 aromatic rings. The minimum atomic E-state index is -3.45. The van der Waals surface area contributed by atoms with Crippen molar-refractivity contribution in [2.24, 2.45) is 0 Å². The molecule has 1 unspecified atom stereocenters. The SMILES string of the molecule is O=[N+]([O-])c1cc([AsH](=O)O)ccc1Br. The van der Waals surface area contributed by atoms with Crippen LogP contribution >= 0.6 is 15.9 Å². The zero-order valence-corrected chi connectivity index (χ0v) is 9.91. The Morgan fingerprint density at radius 3 is 2.62 bits per heavy atom. The van der Waals surface area contributed by atoms with Gasteiger partial charge in [-0.25, -0.2) is 0 Å². The molecule has 0 spiro atoms. The van der Waals surface area contributed by atoms with Gasteiger partial charge in [0.1, 0.15) is 0 Å². The maximum atomic E-state index is 10.7. The van der Waals surface area contributed by atoms with Gasteiger partial charge in [0, 0.05) is 0 Å². The van der Waals surface area contributed by atoms with Gasteiger partial charge < -0.3 is 0 Å². The van der Waals surface area contributed by atoms with E-state index in [4.69, 9.17) is 4.10 Å². The molecule has 1 N–H and O–H groups in total. The van der Waals surface area contributed by atoms with Gasteiger partial charge in [0.15, 0.2) is 0 Å². The van der Waals surface area contributed by atoms with Gasteiger partial charge in [-0.2, -0.15) is 0 Å². The first kappa shape index (κ1) is 10.5. The number of hydrogen-bond donors (Lipinski definition) is 1. The summed E-state index contributed by atoms with van der Waals surface area (Å²) in [6, 6.07) is 3.92. The van der Waals surface area contributed by atoms with Gasteiger partial charge >= 0.3 is 86.4 Å². The number of nitro groups is 1. The van der Waals surface area contributed by atoms with E-state index >= 15 is 0 Å². The molecular weight excluding hydrogens is 305 g/mol. The summed E-state index contributed by atoms with van der Waals surface area (Å²) in [5, 5.41) is 10.4. The van der Waals surface area contributed by atoms with Gasteiger partial charge in [0.2, 0.25) is 0 Å². The van der Waals surface area contributed by atoms with E-state index in [0.29, 0.717) is 4.47 Å². The zero-order chi connectivity index (χ0) is 10.0. The fourth-order valence-corrected chi connectivity index (χ4v) is 2.20. The van der Waals surface area contributed by atoms with E-state index in [1.165, 1.54) is 12.1 Å². The third-order valence-electron chi connectivity index (χ3n) is 1.39. The van der Waals surface area contributed by atoms with Gasteiger partial charge in [0.05, 0.1) is 0 Å². The van der Waals surface area contributed by atoms with Crippen molar-refractivity contribution < 1.29 is 12.8 Å². The summed E-state index contributed by atoms with van der Waals surface area (Å²) in [4.78, 5) is 9.80. The van der Waals surface area contributed by atoms with Crippen molar-refractivity contribution >= 4 is 40.9 Å². The van der Waals surface area contributed by atoms with Crippen molar-refractivity contribution in [2.45, 2.75) is 0 Å². The second-order valence-electron chi connectivity index (χ2n) is 2.23. The van der Waals surface area contributed by atoms with Crippen molar-refractivity contribution in [3.8, 4) is 0 Å².